The molecule has 4 nitrogen and oxygen atoms in total. The minimum absolute atomic E-state index is 0.0138. The summed E-state index contributed by atoms with van der Waals surface area (Å²) in [5.41, 5.74) is 0. The van der Waals surface area contributed by atoms with E-state index in [4.69, 9.17) is 27.8 Å². The summed E-state index contributed by atoms with van der Waals surface area (Å²) in [6, 6.07) is 7.78. The van der Waals surface area contributed by atoms with E-state index in [-0.39, 0.29) is 16.4 Å². The smallest absolute Gasteiger partial charge is 0.158 e. The fourth-order valence-corrected chi connectivity index (χ4v) is 1.92. The summed E-state index contributed by atoms with van der Waals surface area (Å²) in [4.78, 5) is 0.541. The van der Waals surface area contributed by atoms with Gasteiger partial charge < -0.3 is 10.2 Å². The maximum atomic E-state index is 9.24. The number of phenols is 2. The number of thiocarbonyl (C=S) groups is 1. The zero-order valence-electron chi connectivity index (χ0n) is 7.91. The Morgan fingerprint density at radius 1 is 1.31 bits per heavy atom. The molecule has 2 N–H and O–H groups in total. The predicted octanol–water partition coefficient (Wildman–Crippen LogP) is 1.98. The van der Waals surface area contributed by atoms with E-state index in [1.165, 1.54) is 18.2 Å². The van der Waals surface area contributed by atoms with Crippen molar-refractivity contribution in [1.29, 1.82) is 10.5 Å². The van der Waals surface area contributed by atoms with Gasteiger partial charge in [-0.2, -0.15) is 10.5 Å². The van der Waals surface area contributed by atoms with Crippen molar-refractivity contribution in [2.45, 2.75) is 10.1 Å². The molecule has 1 rings (SSSR count). The molecule has 0 aliphatic heterocycles. The molecule has 0 heterocycles. The largest absolute Gasteiger partial charge is 0.504 e. The SMILES string of the molecule is N#CC(=S)C(C#N)Sc1ccc(O)c(O)c1. The molecule has 1 atom stereocenters. The van der Waals surface area contributed by atoms with Gasteiger partial charge in [-0.25, -0.2) is 0 Å². The van der Waals surface area contributed by atoms with Gasteiger partial charge in [-0.05, 0) is 18.2 Å². The van der Waals surface area contributed by atoms with Gasteiger partial charge in [0.25, 0.3) is 0 Å². The van der Waals surface area contributed by atoms with Gasteiger partial charge in [0.2, 0.25) is 0 Å². The van der Waals surface area contributed by atoms with Gasteiger partial charge in [0.1, 0.15) is 16.2 Å². The van der Waals surface area contributed by atoms with Crippen molar-refractivity contribution in [2.75, 3.05) is 0 Å². The number of thioether (sulfide) groups is 1. The van der Waals surface area contributed by atoms with Crippen LogP contribution in [0.2, 0.25) is 0 Å². The predicted molar refractivity (Wildman–Crippen MR) is 63.2 cm³/mol. The summed E-state index contributed by atoms with van der Waals surface area (Å²) in [5, 5.41) is 34.9. The molecule has 0 aliphatic rings. The second-order valence-corrected chi connectivity index (χ2v) is 4.37. The Hall–Kier alpha value is -1.76. The molecule has 16 heavy (non-hydrogen) atoms. The van der Waals surface area contributed by atoms with E-state index >= 15 is 0 Å². The molecule has 0 saturated heterocycles. The Bertz CT molecular complexity index is 503. The fraction of sp³-hybridized carbons (Fsp3) is 0.100. The highest BCUT2D eigenvalue weighted by Gasteiger charge is 2.15. The summed E-state index contributed by atoms with van der Waals surface area (Å²) < 4.78 is 0. The minimum atomic E-state index is -0.760. The van der Waals surface area contributed by atoms with E-state index in [0.29, 0.717) is 4.90 Å². The Morgan fingerprint density at radius 2 is 2.00 bits per heavy atom. The van der Waals surface area contributed by atoms with Crippen LogP contribution in [0, 0.1) is 22.7 Å². The molecule has 0 aliphatic carbocycles. The van der Waals surface area contributed by atoms with Crippen molar-refractivity contribution in [3.8, 4) is 23.6 Å². The highest BCUT2D eigenvalue weighted by molar-refractivity contribution is 8.02. The van der Waals surface area contributed by atoms with E-state index in [2.05, 4.69) is 0 Å². The van der Waals surface area contributed by atoms with Crippen molar-refractivity contribution < 1.29 is 10.2 Å². The summed E-state index contributed by atoms with van der Waals surface area (Å²) in [5.74, 6) is -0.509. The third-order valence-electron chi connectivity index (χ3n) is 1.67. The summed E-state index contributed by atoms with van der Waals surface area (Å²) >= 11 is 5.77. The van der Waals surface area contributed by atoms with Crippen molar-refractivity contribution in [3.05, 3.63) is 18.2 Å². The third-order valence-corrected chi connectivity index (χ3v) is 3.25. The molecule has 0 radical (unpaired) electrons. The Kier molecular flexibility index (Phi) is 4.12. The van der Waals surface area contributed by atoms with Crippen molar-refractivity contribution >= 4 is 28.8 Å². The van der Waals surface area contributed by atoms with E-state index in [0.717, 1.165) is 11.8 Å². The van der Waals surface area contributed by atoms with E-state index in [9.17, 15) is 5.11 Å². The fourth-order valence-electron chi connectivity index (χ4n) is 0.910. The normalized spacial score (nSPS) is 11.1. The lowest BCUT2D eigenvalue weighted by molar-refractivity contribution is 0.402. The summed E-state index contributed by atoms with van der Waals surface area (Å²) in [6.07, 6.45) is 0. The first kappa shape index (κ1) is 12.3. The van der Waals surface area contributed by atoms with Crippen LogP contribution in [0.4, 0.5) is 0 Å². The molecule has 0 bridgehead atoms. The van der Waals surface area contributed by atoms with Crippen LogP contribution < -0.4 is 0 Å². The quantitative estimate of drug-likeness (QED) is 0.484. The third kappa shape index (κ3) is 2.86. The Balaban J connectivity index is 2.89. The minimum Gasteiger partial charge on any atom is -0.504 e. The van der Waals surface area contributed by atoms with Crippen LogP contribution in [0.5, 0.6) is 11.5 Å². The highest BCUT2D eigenvalue weighted by atomic mass is 32.2. The number of nitrogens with zero attached hydrogens (tertiary/aromatic N) is 2. The topological polar surface area (TPSA) is 88.0 Å². The molecule has 80 valence electrons. The molecule has 1 unspecified atom stereocenters. The molecule has 0 aromatic heterocycles. The average Bonchev–Trinajstić information content (AvgIpc) is 2.29. The molecule has 1 aromatic rings. The van der Waals surface area contributed by atoms with Crippen LogP contribution in [0.15, 0.2) is 23.1 Å². The second-order valence-electron chi connectivity index (χ2n) is 2.75. The molecule has 6 heteroatoms. The number of hydrogen-bond donors (Lipinski definition) is 2. The number of nitriles is 2. The summed E-state index contributed by atoms with van der Waals surface area (Å²) in [7, 11) is 0. The van der Waals surface area contributed by atoms with E-state index < -0.39 is 5.25 Å². The zero-order valence-corrected chi connectivity index (χ0v) is 9.55. The van der Waals surface area contributed by atoms with Crippen LogP contribution in [0.3, 0.4) is 0 Å². The number of benzene rings is 1. The van der Waals surface area contributed by atoms with E-state index in [1.807, 2.05) is 6.07 Å². The Labute approximate surface area is 102 Å². The number of rotatable bonds is 3. The van der Waals surface area contributed by atoms with Gasteiger partial charge in [0.15, 0.2) is 11.5 Å². The lowest BCUT2D eigenvalue weighted by Gasteiger charge is -2.06. The number of hydrogen-bond acceptors (Lipinski definition) is 6. The van der Waals surface area contributed by atoms with Crippen LogP contribution >= 0.6 is 24.0 Å². The first-order valence-electron chi connectivity index (χ1n) is 4.10. The van der Waals surface area contributed by atoms with Gasteiger partial charge in [-0.1, -0.05) is 12.2 Å². The first-order chi connectivity index (χ1) is 7.58. The van der Waals surface area contributed by atoms with Crippen molar-refractivity contribution in [2.24, 2.45) is 0 Å². The average molecular weight is 250 g/mol. The van der Waals surface area contributed by atoms with Crippen molar-refractivity contribution in [3.63, 3.8) is 0 Å². The number of phenolic OH excluding ortho intramolecular Hbond substituents is 2. The van der Waals surface area contributed by atoms with Crippen LogP contribution in [-0.4, -0.2) is 20.3 Å². The molecule has 0 fully saturated rings. The lowest BCUT2D eigenvalue weighted by Crippen LogP contribution is -2.09. The molecule has 0 spiro atoms. The van der Waals surface area contributed by atoms with Gasteiger partial charge in [0, 0.05) is 4.90 Å². The van der Waals surface area contributed by atoms with Crippen LogP contribution in [-0.2, 0) is 0 Å². The molecular formula is C10H6N2O2S2. The zero-order chi connectivity index (χ0) is 12.1. The van der Waals surface area contributed by atoms with Crippen LogP contribution in [0.1, 0.15) is 0 Å². The first-order valence-corrected chi connectivity index (χ1v) is 5.39. The Morgan fingerprint density at radius 3 is 2.50 bits per heavy atom. The van der Waals surface area contributed by atoms with Crippen LogP contribution in [0.25, 0.3) is 0 Å². The highest BCUT2D eigenvalue weighted by Crippen LogP contribution is 2.32. The van der Waals surface area contributed by atoms with Gasteiger partial charge in [-0.15, -0.1) is 11.8 Å². The second kappa shape index (κ2) is 5.36. The van der Waals surface area contributed by atoms with Gasteiger partial charge in [0.05, 0.1) is 6.07 Å². The summed E-state index contributed by atoms with van der Waals surface area (Å²) in [6.45, 7) is 0. The number of aromatic hydroxyl groups is 2. The lowest BCUT2D eigenvalue weighted by atomic mass is 10.3. The molecule has 0 saturated carbocycles. The van der Waals surface area contributed by atoms with Gasteiger partial charge >= 0.3 is 0 Å². The molecular weight excluding hydrogens is 244 g/mol. The van der Waals surface area contributed by atoms with Crippen molar-refractivity contribution in [1.82, 2.24) is 0 Å². The monoisotopic (exact) mass is 250 g/mol. The molecule has 1 aromatic carbocycles. The maximum absolute atomic E-state index is 9.24. The van der Waals surface area contributed by atoms with E-state index in [1.54, 1.807) is 6.07 Å². The standard InChI is InChI=1S/C10H6N2O2S2/c11-4-9(15)10(5-12)16-6-1-2-7(13)8(14)3-6/h1-3,10,13-14H. The maximum Gasteiger partial charge on any atom is 0.158 e. The van der Waals surface area contributed by atoms with Gasteiger partial charge in [-0.3, -0.25) is 0 Å². The molecule has 0 amide bonds.